The number of ether oxygens (including phenoxy) is 1. The summed E-state index contributed by atoms with van der Waals surface area (Å²) in [4.78, 5) is 26.6. The van der Waals surface area contributed by atoms with Gasteiger partial charge in [0.15, 0.2) is 5.60 Å². The van der Waals surface area contributed by atoms with E-state index in [1.807, 2.05) is 29.6 Å². The molecule has 7 heteroatoms. The van der Waals surface area contributed by atoms with Crippen LogP contribution in [-0.4, -0.2) is 26.0 Å². The number of likely N-dealkylation sites (N-methyl/N-ethyl adjacent to an activating group) is 1. The predicted molar refractivity (Wildman–Crippen MR) is 124 cm³/mol. The van der Waals surface area contributed by atoms with E-state index in [9.17, 15) is 9.59 Å². The maximum atomic E-state index is 12.9. The number of amides is 2. The van der Waals surface area contributed by atoms with Crippen molar-refractivity contribution in [2.75, 3.05) is 25.2 Å². The van der Waals surface area contributed by atoms with E-state index in [4.69, 9.17) is 10.5 Å². The third-order valence-corrected chi connectivity index (χ3v) is 6.64. The van der Waals surface area contributed by atoms with Crippen LogP contribution in [0.1, 0.15) is 28.8 Å². The van der Waals surface area contributed by atoms with Crippen molar-refractivity contribution in [2.45, 2.75) is 18.4 Å². The molecule has 1 aliphatic rings. The highest BCUT2D eigenvalue weighted by Crippen LogP contribution is 2.48. The molecule has 2 aromatic carbocycles. The number of nitrogen functional groups attached to an aromatic ring is 1. The highest BCUT2D eigenvalue weighted by molar-refractivity contribution is 7.13. The number of anilines is 2. The Labute approximate surface area is 185 Å². The first-order valence-electron chi connectivity index (χ1n) is 10.1. The van der Waals surface area contributed by atoms with Crippen LogP contribution in [0.3, 0.4) is 0 Å². The summed E-state index contributed by atoms with van der Waals surface area (Å²) in [5, 5.41) is 7.62. The molecule has 3 aromatic rings. The summed E-state index contributed by atoms with van der Waals surface area (Å²) in [6.07, 6.45) is 1.87. The first-order chi connectivity index (χ1) is 15.0. The lowest BCUT2D eigenvalue weighted by atomic mass is 9.87. The molecule has 4 rings (SSSR count). The van der Waals surface area contributed by atoms with Crippen LogP contribution in [0.25, 0.3) is 10.4 Å². The van der Waals surface area contributed by atoms with Gasteiger partial charge in [0.1, 0.15) is 0 Å². The van der Waals surface area contributed by atoms with Crippen LogP contribution in [0.2, 0.25) is 0 Å². The van der Waals surface area contributed by atoms with Gasteiger partial charge in [0, 0.05) is 30.5 Å². The first kappa shape index (κ1) is 21.1. The van der Waals surface area contributed by atoms with Crippen molar-refractivity contribution in [2.24, 2.45) is 5.92 Å². The Hall–Kier alpha value is -3.16. The number of benzene rings is 2. The van der Waals surface area contributed by atoms with Crippen LogP contribution < -0.4 is 16.4 Å². The van der Waals surface area contributed by atoms with Gasteiger partial charge in [0.05, 0.1) is 11.4 Å². The van der Waals surface area contributed by atoms with Crippen LogP contribution in [-0.2, 0) is 15.1 Å². The average molecular weight is 436 g/mol. The van der Waals surface area contributed by atoms with Gasteiger partial charge in [-0.25, -0.2) is 0 Å². The van der Waals surface area contributed by atoms with Crippen LogP contribution >= 0.6 is 11.3 Å². The van der Waals surface area contributed by atoms with Crippen molar-refractivity contribution in [1.82, 2.24) is 5.32 Å². The number of thiophene rings is 1. The zero-order chi connectivity index (χ0) is 22.0. The number of hydrogen-bond acceptors (Lipinski definition) is 5. The van der Waals surface area contributed by atoms with Gasteiger partial charge < -0.3 is 21.1 Å². The summed E-state index contributed by atoms with van der Waals surface area (Å²) >= 11 is 1.63. The van der Waals surface area contributed by atoms with Gasteiger partial charge in [-0.05, 0) is 59.7 Å². The molecule has 2 amide bonds. The van der Waals surface area contributed by atoms with Crippen LogP contribution in [0, 0.1) is 5.92 Å². The van der Waals surface area contributed by atoms with Crippen molar-refractivity contribution in [1.29, 1.82) is 0 Å². The fourth-order valence-corrected chi connectivity index (χ4v) is 4.65. The third-order valence-electron chi connectivity index (χ3n) is 5.72. The summed E-state index contributed by atoms with van der Waals surface area (Å²) < 4.78 is 5.73. The zero-order valence-electron chi connectivity index (χ0n) is 17.5. The Balaban J connectivity index is 1.57. The van der Waals surface area contributed by atoms with Gasteiger partial charge >= 0.3 is 0 Å². The Kier molecular flexibility index (Phi) is 5.80. The highest BCUT2D eigenvalue weighted by atomic mass is 32.1. The summed E-state index contributed by atoms with van der Waals surface area (Å²) in [6.45, 7) is 0. The van der Waals surface area contributed by atoms with E-state index in [2.05, 4.69) is 10.6 Å². The number of carbonyl (C=O) groups is 2. The SMILES string of the molecule is CNC(=O)C(OC)(c1ccc(C(=O)Nc2cc(-c3cccs3)ccc2N)cc1)C1CC1. The molecular formula is C24H25N3O3S. The minimum Gasteiger partial charge on any atom is -0.397 e. The van der Waals surface area contributed by atoms with Gasteiger partial charge in [0.25, 0.3) is 11.8 Å². The number of methoxy groups -OCH3 is 1. The molecule has 0 aliphatic heterocycles. The molecule has 0 spiro atoms. The maximum Gasteiger partial charge on any atom is 0.256 e. The lowest BCUT2D eigenvalue weighted by Crippen LogP contribution is -2.46. The standard InChI is InChI=1S/C24H25N3O3S/c1-26-23(29)24(30-2,18-10-11-18)17-8-5-15(6-9-17)22(28)27-20-14-16(7-12-19(20)25)21-4-3-13-31-21/h3-9,12-14,18H,10-11,25H2,1-2H3,(H,26,29)(H,27,28). The number of hydrogen-bond donors (Lipinski definition) is 3. The number of nitrogens with two attached hydrogens (primary N) is 1. The molecule has 0 bridgehead atoms. The highest BCUT2D eigenvalue weighted by Gasteiger charge is 2.52. The molecule has 1 unspecified atom stereocenters. The topological polar surface area (TPSA) is 93.4 Å². The summed E-state index contributed by atoms with van der Waals surface area (Å²) in [7, 11) is 3.16. The quantitative estimate of drug-likeness (QED) is 0.484. The molecule has 1 aromatic heterocycles. The van der Waals surface area contributed by atoms with Crippen LogP contribution in [0.5, 0.6) is 0 Å². The molecule has 1 atom stereocenters. The molecular weight excluding hydrogens is 410 g/mol. The molecule has 160 valence electrons. The minimum atomic E-state index is -1.02. The lowest BCUT2D eigenvalue weighted by Gasteiger charge is -2.31. The molecule has 6 nitrogen and oxygen atoms in total. The molecule has 0 saturated heterocycles. The van der Waals surface area contributed by atoms with Crippen LogP contribution in [0.4, 0.5) is 11.4 Å². The number of rotatable bonds is 7. The van der Waals surface area contributed by atoms with Crippen molar-refractivity contribution in [3.05, 3.63) is 71.1 Å². The lowest BCUT2D eigenvalue weighted by molar-refractivity contribution is -0.147. The monoisotopic (exact) mass is 435 g/mol. The van der Waals surface area contributed by atoms with E-state index < -0.39 is 5.60 Å². The smallest absolute Gasteiger partial charge is 0.256 e. The molecule has 4 N–H and O–H groups in total. The first-order valence-corrected chi connectivity index (χ1v) is 11.0. The van der Waals surface area contributed by atoms with Gasteiger partial charge in [-0.3, -0.25) is 9.59 Å². The van der Waals surface area contributed by atoms with E-state index in [-0.39, 0.29) is 17.7 Å². The second-order valence-corrected chi connectivity index (χ2v) is 8.55. The second-order valence-electron chi connectivity index (χ2n) is 7.60. The fraction of sp³-hybridized carbons (Fsp3) is 0.250. The van der Waals surface area contributed by atoms with Gasteiger partial charge in [-0.2, -0.15) is 0 Å². The third kappa shape index (κ3) is 3.94. The van der Waals surface area contributed by atoms with Gasteiger partial charge in [-0.1, -0.05) is 24.3 Å². The largest absolute Gasteiger partial charge is 0.397 e. The van der Waals surface area contributed by atoms with Crippen molar-refractivity contribution in [3.8, 4) is 10.4 Å². The van der Waals surface area contributed by atoms with Gasteiger partial charge in [0.2, 0.25) is 0 Å². The molecule has 1 fully saturated rings. The number of nitrogens with one attached hydrogen (secondary N) is 2. The van der Waals surface area contributed by atoms with E-state index in [0.717, 1.165) is 28.8 Å². The summed E-state index contributed by atoms with van der Waals surface area (Å²) in [6, 6.07) is 16.6. The van der Waals surface area contributed by atoms with E-state index in [1.54, 1.807) is 55.8 Å². The van der Waals surface area contributed by atoms with Gasteiger partial charge in [-0.15, -0.1) is 11.3 Å². The van der Waals surface area contributed by atoms with Crippen molar-refractivity contribution >= 4 is 34.5 Å². The number of carbonyl (C=O) groups excluding carboxylic acids is 2. The molecule has 1 aliphatic carbocycles. The Morgan fingerprint density at radius 1 is 1.13 bits per heavy atom. The molecule has 1 saturated carbocycles. The minimum absolute atomic E-state index is 0.136. The van der Waals surface area contributed by atoms with Crippen molar-refractivity contribution in [3.63, 3.8) is 0 Å². The fourth-order valence-electron chi connectivity index (χ4n) is 3.93. The molecule has 31 heavy (non-hydrogen) atoms. The predicted octanol–water partition coefficient (Wildman–Crippen LogP) is 4.25. The molecule has 0 radical (unpaired) electrons. The summed E-state index contributed by atoms with van der Waals surface area (Å²) in [5.41, 5.74) is 8.33. The second kappa shape index (κ2) is 8.53. The Morgan fingerprint density at radius 2 is 1.87 bits per heavy atom. The van der Waals surface area contributed by atoms with E-state index in [1.165, 1.54) is 0 Å². The Morgan fingerprint density at radius 3 is 2.45 bits per heavy atom. The normalized spacial score (nSPS) is 15.2. The Bertz CT molecular complexity index is 1090. The summed E-state index contributed by atoms with van der Waals surface area (Å²) in [5.74, 6) is -0.305. The van der Waals surface area contributed by atoms with Crippen LogP contribution in [0.15, 0.2) is 60.0 Å². The van der Waals surface area contributed by atoms with E-state index >= 15 is 0 Å². The molecule has 1 heterocycles. The van der Waals surface area contributed by atoms with Crippen molar-refractivity contribution < 1.29 is 14.3 Å². The van der Waals surface area contributed by atoms with E-state index in [0.29, 0.717) is 16.9 Å². The maximum absolute atomic E-state index is 12.9. The zero-order valence-corrected chi connectivity index (χ0v) is 18.3. The average Bonchev–Trinajstić information content (AvgIpc) is 3.49.